The molecule has 0 aliphatic heterocycles. The molecule has 3 heteroatoms. The summed E-state index contributed by atoms with van der Waals surface area (Å²) in [5.41, 5.74) is 2.41. The van der Waals surface area contributed by atoms with Gasteiger partial charge in [0.2, 0.25) is 0 Å². The lowest BCUT2D eigenvalue weighted by atomic mass is 9.97. The van der Waals surface area contributed by atoms with Crippen LogP contribution in [-0.2, 0) is 4.74 Å². The van der Waals surface area contributed by atoms with Gasteiger partial charge in [-0.25, -0.2) is 0 Å². The van der Waals surface area contributed by atoms with Gasteiger partial charge in [0.15, 0.2) is 0 Å². The molecule has 2 unspecified atom stereocenters. The second-order valence-electron chi connectivity index (χ2n) is 5.55. The first-order valence-electron chi connectivity index (χ1n) is 7.86. The van der Waals surface area contributed by atoms with Gasteiger partial charge in [-0.05, 0) is 44.4 Å². The molecule has 21 heavy (non-hydrogen) atoms. The van der Waals surface area contributed by atoms with Crippen molar-refractivity contribution >= 4 is 10.9 Å². The number of ether oxygens (including phenoxy) is 1. The smallest absolute Gasteiger partial charge is 0.0749 e. The summed E-state index contributed by atoms with van der Waals surface area (Å²) in [5, 5.41) is 4.87. The Morgan fingerprint density at radius 1 is 1.19 bits per heavy atom. The molecule has 2 aromatic rings. The van der Waals surface area contributed by atoms with Gasteiger partial charge >= 0.3 is 0 Å². The predicted molar refractivity (Wildman–Crippen MR) is 88.5 cm³/mol. The quantitative estimate of drug-likeness (QED) is 0.793. The van der Waals surface area contributed by atoms with Crippen LogP contribution in [0.4, 0.5) is 0 Å². The number of aromatic nitrogens is 1. The van der Waals surface area contributed by atoms with E-state index < -0.39 is 0 Å². The summed E-state index contributed by atoms with van der Waals surface area (Å²) in [7, 11) is 1.78. The molecule has 0 amide bonds. The van der Waals surface area contributed by atoms with Gasteiger partial charge in [0.1, 0.15) is 0 Å². The third-order valence-electron chi connectivity index (χ3n) is 3.94. The summed E-state index contributed by atoms with van der Waals surface area (Å²) >= 11 is 0. The summed E-state index contributed by atoms with van der Waals surface area (Å²) < 4.78 is 5.38. The van der Waals surface area contributed by atoms with Crippen LogP contribution < -0.4 is 5.32 Å². The Morgan fingerprint density at radius 3 is 2.76 bits per heavy atom. The van der Waals surface area contributed by atoms with E-state index >= 15 is 0 Å². The number of hydrogen-bond donors (Lipinski definition) is 1. The van der Waals surface area contributed by atoms with Crippen LogP contribution in [0.2, 0.25) is 0 Å². The van der Waals surface area contributed by atoms with Crippen molar-refractivity contribution in [3.63, 3.8) is 0 Å². The minimum absolute atomic E-state index is 0.291. The lowest BCUT2D eigenvalue weighted by molar-refractivity contribution is 0.106. The Balaban J connectivity index is 2.25. The Hall–Kier alpha value is -1.45. The van der Waals surface area contributed by atoms with Gasteiger partial charge in [0, 0.05) is 24.7 Å². The fourth-order valence-corrected chi connectivity index (χ4v) is 2.61. The monoisotopic (exact) mass is 286 g/mol. The van der Waals surface area contributed by atoms with Crippen LogP contribution in [0.5, 0.6) is 0 Å². The number of pyridine rings is 1. The first-order valence-corrected chi connectivity index (χ1v) is 7.86. The molecule has 0 saturated heterocycles. The Kier molecular flexibility index (Phi) is 6.15. The molecule has 0 spiro atoms. The van der Waals surface area contributed by atoms with E-state index in [9.17, 15) is 0 Å². The molecule has 1 heterocycles. The number of fused-ring (bicyclic) bond motifs is 1. The van der Waals surface area contributed by atoms with Crippen LogP contribution >= 0.6 is 0 Å². The van der Waals surface area contributed by atoms with Gasteiger partial charge in [-0.2, -0.15) is 0 Å². The van der Waals surface area contributed by atoms with Crippen molar-refractivity contribution in [2.24, 2.45) is 0 Å². The van der Waals surface area contributed by atoms with Gasteiger partial charge in [0.25, 0.3) is 0 Å². The maximum absolute atomic E-state index is 5.38. The molecular formula is C18H26N2O. The van der Waals surface area contributed by atoms with Crippen molar-refractivity contribution in [1.82, 2.24) is 10.3 Å². The average Bonchev–Trinajstić information content (AvgIpc) is 2.54. The molecule has 2 atom stereocenters. The SMILES string of the molecule is CCCNC(CCC(C)OC)c1cccc2cccnc12. The van der Waals surface area contributed by atoms with Gasteiger partial charge in [-0.1, -0.05) is 31.2 Å². The summed E-state index contributed by atoms with van der Waals surface area (Å²) in [6.45, 7) is 5.34. The minimum Gasteiger partial charge on any atom is -0.382 e. The first kappa shape index (κ1) is 15.9. The van der Waals surface area contributed by atoms with Gasteiger partial charge in [-0.15, -0.1) is 0 Å². The van der Waals surface area contributed by atoms with Crippen LogP contribution in [0.1, 0.15) is 44.7 Å². The molecular weight excluding hydrogens is 260 g/mol. The summed E-state index contributed by atoms with van der Waals surface area (Å²) in [6.07, 6.45) is 5.40. The summed E-state index contributed by atoms with van der Waals surface area (Å²) in [4.78, 5) is 4.59. The van der Waals surface area contributed by atoms with Crippen molar-refractivity contribution in [3.8, 4) is 0 Å². The minimum atomic E-state index is 0.291. The second-order valence-corrected chi connectivity index (χ2v) is 5.55. The molecule has 0 aliphatic rings. The predicted octanol–water partition coefficient (Wildman–Crippen LogP) is 4.09. The second kappa shape index (κ2) is 8.11. The molecule has 0 radical (unpaired) electrons. The number of nitrogens with zero attached hydrogens (tertiary/aromatic N) is 1. The molecule has 0 aliphatic carbocycles. The summed E-state index contributed by atoms with van der Waals surface area (Å²) in [5.74, 6) is 0. The number of methoxy groups -OCH3 is 1. The van der Waals surface area contributed by atoms with E-state index in [1.807, 2.05) is 12.3 Å². The molecule has 1 N–H and O–H groups in total. The van der Waals surface area contributed by atoms with Crippen LogP contribution in [0.15, 0.2) is 36.5 Å². The highest BCUT2D eigenvalue weighted by atomic mass is 16.5. The normalized spacial score (nSPS) is 14.2. The zero-order valence-electron chi connectivity index (χ0n) is 13.3. The average molecular weight is 286 g/mol. The Labute approximate surface area is 127 Å². The van der Waals surface area contributed by atoms with Crippen LogP contribution in [-0.4, -0.2) is 24.7 Å². The Bertz CT molecular complexity index is 550. The lowest BCUT2D eigenvalue weighted by Gasteiger charge is -2.21. The Morgan fingerprint density at radius 2 is 2.00 bits per heavy atom. The third kappa shape index (κ3) is 4.26. The highest BCUT2D eigenvalue weighted by Gasteiger charge is 2.15. The number of para-hydroxylation sites is 1. The fraction of sp³-hybridized carbons (Fsp3) is 0.500. The molecule has 1 aromatic carbocycles. The van der Waals surface area contributed by atoms with E-state index in [-0.39, 0.29) is 0 Å². The van der Waals surface area contributed by atoms with E-state index in [4.69, 9.17) is 4.74 Å². The third-order valence-corrected chi connectivity index (χ3v) is 3.94. The van der Waals surface area contributed by atoms with Crippen molar-refractivity contribution in [1.29, 1.82) is 0 Å². The standard InChI is InChI=1S/C18H26N2O/c1-4-12-19-17(11-10-14(2)21-3)16-9-5-7-15-8-6-13-20-18(15)16/h5-9,13-14,17,19H,4,10-12H2,1-3H3. The molecule has 0 bridgehead atoms. The maximum atomic E-state index is 5.38. The van der Waals surface area contributed by atoms with Gasteiger partial charge in [0.05, 0.1) is 11.6 Å². The van der Waals surface area contributed by atoms with Crippen molar-refractivity contribution in [2.75, 3.05) is 13.7 Å². The van der Waals surface area contributed by atoms with Crippen LogP contribution in [0.3, 0.4) is 0 Å². The lowest BCUT2D eigenvalue weighted by Crippen LogP contribution is -2.24. The maximum Gasteiger partial charge on any atom is 0.0749 e. The van der Waals surface area contributed by atoms with E-state index in [2.05, 4.69) is 48.4 Å². The fourth-order valence-electron chi connectivity index (χ4n) is 2.61. The first-order chi connectivity index (χ1) is 10.3. The molecule has 2 rings (SSSR count). The number of rotatable bonds is 8. The van der Waals surface area contributed by atoms with E-state index in [1.165, 1.54) is 10.9 Å². The number of benzene rings is 1. The van der Waals surface area contributed by atoms with Crippen LogP contribution in [0.25, 0.3) is 10.9 Å². The molecule has 0 fully saturated rings. The van der Waals surface area contributed by atoms with Crippen LogP contribution in [0, 0.1) is 0 Å². The zero-order chi connectivity index (χ0) is 15.1. The van der Waals surface area contributed by atoms with E-state index in [1.54, 1.807) is 7.11 Å². The van der Waals surface area contributed by atoms with Crippen molar-refractivity contribution in [3.05, 3.63) is 42.1 Å². The molecule has 114 valence electrons. The molecule has 0 saturated carbocycles. The summed E-state index contributed by atoms with van der Waals surface area (Å²) in [6, 6.07) is 10.9. The topological polar surface area (TPSA) is 34.1 Å². The van der Waals surface area contributed by atoms with Gasteiger partial charge in [-0.3, -0.25) is 4.98 Å². The van der Waals surface area contributed by atoms with E-state index in [0.717, 1.165) is 31.3 Å². The van der Waals surface area contributed by atoms with Gasteiger partial charge < -0.3 is 10.1 Å². The van der Waals surface area contributed by atoms with E-state index in [0.29, 0.717) is 12.1 Å². The largest absolute Gasteiger partial charge is 0.382 e. The molecule has 1 aromatic heterocycles. The zero-order valence-corrected chi connectivity index (χ0v) is 13.3. The van der Waals surface area contributed by atoms with Crippen molar-refractivity contribution < 1.29 is 4.74 Å². The highest BCUT2D eigenvalue weighted by Crippen LogP contribution is 2.26. The number of hydrogen-bond acceptors (Lipinski definition) is 3. The molecule has 3 nitrogen and oxygen atoms in total. The van der Waals surface area contributed by atoms with Crippen molar-refractivity contribution in [2.45, 2.75) is 45.3 Å². The highest BCUT2D eigenvalue weighted by molar-refractivity contribution is 5.81. The number of nitrogens with one attached hydrogen (secondary N) is 1.